The summed E-state index contributed by atoms with van der Waals surface area (Å²) in [5.41, 5.74) is 5.78. The quantitative estimate of drug-likeness (QED) is 0.147. The van der Waals surface area contributed by atoms with Gasteiger partial charge in [-0.05, 0) is 65.9 Å². The topological polar surface area (TPSA) is 56.3 Å². The maximum absolute atomic E-state index is 5.89. The van der Waals surface area contributed by atoms with Crippen LogP contribution < -0.4 is 19.3 Å². The molecule has 1 fully saturated rings. The fraction of sp³-hybridized carbons (Fsp3) is 0.364. The third kappa shape index (κ3) is 8.45. The molecule has 4 aromatic rings. The van der Waals surface area contributed by atoms with Crippen molar-refractivity contribution in [2.24, 2.45) is 0 Å². The van der Waals surface area contributed by atoms with Crippen molar-refractivity contribution in [3.63, 3.8) is 0 Å². The van der Waals surface area contributed by atoms with E-state index < -0.39 is 0 Å². The minimum atomic E-state index is 0.455. The molecule has 1 aliphatic rings. The van der Waals surface area contributed by atoms with Crippen molar-refractivity contribution in [1.82, 2.24) is 4.98 Å². The van der Waals surface area contributed by atoms with Crippen molar-refractivity contribution in [2.75, 3.05) is 50.3 Å². The molecule has 0 unspecified atom stereocenters. The van der Waals surface area contributed by atoms with Gasteiger partial charge in [-0.3, -0.25) is 0 Å². The van der Waals surface area contributed by atoms with E-state index in [9.17, 15) is 0 Å². The number of thiazole rings is 1. The minimum absolute atomic E-state index is 0.455. The van der Waals surface area contributed by atoms with Crippen LogP contribution in [0.4, 0.5) is 10.8 Å². The van der Waals surface area contributed by atoms with Gasteiger partial charge in [-0.15, -0.1) is 11.3 Å². The SMILES string of the molecule is COc1cccc(COCCOCc2csc(N(Cc3cccc(OC)c3)Cc3cccc(N4CCCC4)c3)n2)c1. The van der Waals surface area contributed by atoms with E-state index in [1.807, 2.05) is 36.4 Å². The van der Waals surface area contributed by atoms with Crippen LogP contribution in [0.2, 0.25) is 0 Å². The van der Waals surface area contributed by atoms with Gasteiger partial charge in [0.2, 0.25) is 0 Å². The van der Waals surface area contributed by atoms with Gasteiger partial charge >= 0.3 is 0 Å². The van der Waals surface area contributed by atoms with Crippen LogP contribution in [0.5, 0.6) is 11.5 Å². The molecule has 41 heavy (non-hydrogen) atoms. The summed E-state index contributed by atoms with van der Waals surface area (Å²) >= 11 is 1.65. The molecule has 2 heterocycles. The fourth-order valence-corrected chi connectivity index (χ4v) is 5.79. The molecular weight excluding hydrogens is 534 g/mol. The molecule has 0 aliphatic carbocycles. The van der Waals surface area contributed by atoms with E-state index in [4.69, 9.17) is 23.9 Å². The van der Waals surface area contributed by atoms with Gasteiger partial charge < -0.3 is 28.7 Å². The van der Waals surface area contributed by atoms with Gasteiger partial charge in [0, 0.05) is 37.2 Å². The Bertz CT molecular complexity index is 1370. The number of hydrogen-bond acceptors (Lipinski definition) is 8. The number of ether oxygens (including phenoxy) is 4. The summed E-state index contributed by atoms with van der Waals surface area (Å²) in [6.45, 7) is 5.78. The standard InChI is InChI=1S/C33H39N3O4S/c1-37-31-12-6-9-27(19-31)22-36(21-26-8-5-11-30(18-26)35-14-3-4-15-35)33-34-29(25-41-33)24-40-17-16-39-23-28-10-7-13-32(20-28)38-2/h5-13,18-20,25H,3-4,14-17,21-24H2,1-2H3. The molecule has 0 saturated carbocycles. The van der Waals surface area contributed by atoms with Crippen LogP contribution in [0.25, 0.3) is 0 Å². The highest BCUT2D eigenvalue weighted by atomic mass is 32.1. The Kier molecular flexibility index (Phi) is 10.5. The first-order chi connectivity index (χ1) is 20.2. The Labute approximate surface area is 247 Å². The third-order valence-corrected chi connectivity index (χ3v) is 8.05. The van der Waals surface area contributed by atoms with Crippen LogP contribution in [0.1, 0.15) is 35.2 Å². The van der Waals surface area contributed by atoms with E-state index in [0.717, 1.165) is 54.1 Å². The van der Waals surface area contributed by atoms with E-state index in [1.54, 1.807) is 25.6 Å². The first kappa shape index (κ1) is 28.9. The number of nitrogens with zero attached hydrogens (tertiary/aromatic N) is 3. The smallest absolute Gasteiger partial charge is 0.186 e. The van der Waals surface area contributed by atoms with Crippen LogP contribution in [-0.4, -0.2) is 45.5 Å². The fourth-order valence-electron chi connectivity index (χ4n) is 4.98. The van der Waals surface area contributed by atoms with Crippen molar-refractivity contribution in [1.29, 1.82) is 0 Å². The molecule has 3 aromatic carbocycles. The van der Waals surface area contributed by atoms with E-state index in [2.05, 4.69) is 51.6 Å². The molecule has 0 atom stereocenters. The summed E-state index contributed by atoms with van der Waals surface area (Å²) in [5, 5.41) is 3.07. The first-order valence-electron chi connectivity index (χ1n) is 14.1. The molecule has 1 aliphatic heterocycles. The van der Waals surface area contributed by atoms with E-state index >= 15 is 0 Å². The maximum Gasteiger partial charge on any atom is 0.186 e. The van der Waals surface area contributed by atoms with Crippen molar-refractivity contribution in [2.45, 2.75) is 39.1 Å². The normalized spacial score (nSPS) is 13.0. The number of aromatic nitrogens is 1. The molecule has 5 rings (SSSR count). The summed E-state index contributed by atoms with van der Waals surface area (Å²) in [6.07, 6.45) is 2.54. The van der Waals surface area contributed by atoms with Crippen LogP contribution >= 0.6 is 11.3 Å². The van der Waals surface area contributed by atoms with Crippen LogP contribution in [0.15, 0.2) is 78.2 Å². The summed E-state index contributed by atoms with van der Waals surface area (Å²) in [4.78, 5) is 9.77. The largest absolute Gasteiger partial charge is 0.497 e. The van der Waals surface area contributed by atoms with Crippen LogP contribution in [0.3, 0.4) is 0 Å². The van der Waals surface area contributed by atoms with Crippen LogP contribution in [0, 0.1) is 0 Å². The minimum Gasteiger partial charge on any atom is -0.497 e. The molecule has 0 bridgehead atoms. The highest BCUT2D eigenvalue weighted by Gasteiger charge is 2.16. The average Bonchev–Trinajstić information content (AvgIpc) is 3.72. The lowest BCUT2D eigenvalue weighted by Crippen LogP contribution is -2.23. The van der Waals surface area contributed by atoms with Gasteiger partial charge in [0.15, 0.2) is 5.13 Å². The second kappa shape index (κ2) is 14.9. The molecule has 8 heteroatoms. The zero-order chi connectivity index (χ0) is 28.3. The summed E-state index contributed by atoms with van der Waals surface area (Å²) in [5.74, 6) is 1.70. The maximum atomic E-state index is 5.89. The zero-order valence-corrected chi connectivity index (χ0v) is 24.8. The second-order valence-electron chi connectivity index (χ2n) is 10.1. The number of rotatable bonds is 15. The van der Waals surface area contributed by atoms with Crippen molar-refractivity contribution >= 4 is 22.2 Å². The predicted octanol–water partition coefficient (Wildman–Crippen LogP) is 6.70. The monoisotopic (exact) mass is 573 g/mol. The Morgan fingerprint density at radius 2 is 1.37 bits per heavy atom. The van der Waals surface area contributed by atoms with Gasteiger partial charge in [0.1, 0.15) is 11.5 Å². The highest BCUT2D eigenvalue weighted by Crippen LogP contribution is 2.28. The molecule has 1 aromatic heterocycles. The summed E-state index contributed by atoms with van der Waals surface area (Å²) < 4.78 is 22.4. The van der Waals surface area contributed by atoms with E-state index in [-0.39, 0.29) is 0 Å². The second-order valence-corrected chi connectivity index (χ2v) is 11.0. The molecular formula is C33H39N3O4S. The molecule has 216 valence electrons. The molecule has 7 nitrogen and oxygen atoms in total. The zero-order valence-electron chi connectivity index (χ0n) is 24.0. The average molecular weight is 574 g/mol. The lowest BCUT2D eigenvalue weighted by atomic mass is 10.1. The summed E-state index contributed by atoms with van der Waals surface area (Å²) in [6, 6.07) is 25.1. The molecule has 1 saturated heterocycles. The van der Waals surface area contributed by atoms with Gasteiger partial charge in [0.05, 0.1) is 46.3 Å². The Balaban J connectivity index is 1.19. The number of anilines is 2. The van der Waals surface area contributed by atoms with Gasteiger partial charge in [-0.2, -0.15) is 0 Å². The Morgan fingerprint density at radius 1 is 0.756 bits per heavy atom. The van der Waals surface area contributed by atoms with Gasteiger partial charge in [0.25, 0.3) is 0 Å². The van der Waals surface area contributed by atoms with Crippen molar-refractivity contribution in [3.05, 3.63) is 101 Å². The molecule has 0 radical (unpaired) electrons. The van der Waals surface area contributed by atoms with E-state index in [1.165, 1.54) is 29.7 Å². The number of methoxy groups -OCH3 is 2. The van der Waals surface area contributed by atoms with Crippen LogP contribution in [-0.2, 0) is 35.8 Å². The Morgan fingerprint density at radius 3 is 2.07 bits per heavy atom. The van der Waals surface area contributed by atoms with E-state index in [0.29, 0.717) is 26.4 Å². The Hall–Kier alpha value is -3.59. The molecule has 0 amide bonds. The van der Waals surface area contributed by atoms with Gasteiger partial charge in [-0.1, -0.05) is 36.4 Å². The van der Waals surface area contributed by atoms with Crippen molar-refractivity contribution < 1.29 is 18.9 Å². The lowest BCUT2D eigenvalue weighted by molar-refractivity contribution is 0.0330. The third-order valence-electron chi connectivity index (χ3n) is 7.10. The summed E-state index contributed by atoms with van der Waals surface area (Å²) in [7, 11) is 3.38. The predicted molar refractivity (Wildman–Crippen MR) is 165 cm³/mol. The number of hydrogen-bond donors (Lipinski definition) is 0. The first-order valence-corrected chi connectivity index (χ1v) is 15.0. The lowest BCUT2D eigenvalue weighted by Gasteiger charge is -2.24. The highest BCUT2D eigenvalue weighted by molar-refractivity contribution is 7.13. The molecule has 0 N–H and O–H groups in total. The number of benzene rings is 3. The van der Waals surface area contributed by atoms with Gasteiger partial charge in [-0.25, -0.2) is 4.98 Å². The van der Waals surface area contributed by atoms with Crippen molar-refractivity contribution in [3.8, 4) is 11.5 Å². The molecule has 0 spiro atoms.